The first-order valence-electron chi connectivity index (χ1n) is 5.27. The fourth-order valence-electron chi connectivity index (χ4n) is 1.63. The molecule has 0 unspecified atom stereocenters. The van der Waals surface area contributed by atoms with Crippen molar-refractivity contribution in [1.29, 1.82) is 0 Å². The zero-order chi connectivity index (χ0) is 13.9. The maximum absolute atomic E-state index is 12.7. The third kappa shape index (κ3) is 3.35. The maximum atomic E-state index is 12.7. The molecule has 0 N–H and O–H groups in total. The van der Waals surface area contributed by atoms with Gasteiger partial charge in [0.2, 0.25) is 0 Å². The number of likely N-dealkylation sites (N-methyl/N-ethyl adjacent to an activating group) is 1. The molecule has 0 saturated carbocycles. The van der Waals surface area contributed by atoms with Gasteiger partial charge >= 0.3 is 6.18 Å². The molecule has 5 heteroatoms. The van der Waals surface area contributed by atoms with E-state index in [2.05, 4.69) is 6.58 Å². The molecule has 0 radical (unpaired) electrons. The van der Waals surface area contributed by atoms with E-state index < -0.39 is 11.7 Å². The molecule has 0 fully saturated rings. The van der Waals surface area contributed by atoms with Crippen molar-refractivity contribution in [2.75, 3.05) is 18.5 Å². The summed E-state index contributed by atoms with van der Waals surface area (Å²) in [5, 5.41) is 0. The highest BCUT2D eigenvalue weighted by Crippen LogP contribution is 2.33. The number of hydrogen-bond donors (Lipinski definition) is 0. The summed E-state index contributed by atoms with van der Waals surface area (Å²) in [6, 6.07) is 3.65. The predicted molar refractivity (Wildman–Crippen MR) is 64.9 cm³/mol. The Morgan fingerprint density at radius 2 is 2.06 bits per heavy atom. The lowest BCUT2D eigenvalue weighted by molar-refractivity contribution is -0.137. The first kappa shape index (κ1) is 14.3. The number of benzene rings is 1. The van der Waals surface area contributed by atoms with Crippen LogP contribution in [0.2, 0.25) is 0 Å². The zero-order valence-corrected chi connectivity index (χ0v) is 10.2. The summed E-state index contributed by atoms with van der Waals surface area (Å²) in [5.74, 6) is 0. The third-order valence-corrected chi connectivity index (χ3v) is 2.42. The lowest BCUT2D eigenvalue weighted by Gasteiger charge is -2.21. The van der Waals surface area contributed by atoms with Crippen LogP contribution in [0.3, 0.4) is 0 Å². The second kappa shape index (κ2) is 5.25. The van der Waals surface area contributed by atoms with E-state index in [0.717, 1.165) is 11.6 Å². The molecule has 0 saturated heterocycles. The van der Waals surface area contributed by atoms with Crippen molar-refractivity contribution in [3.63, 3.8) is 0 Å². The Labute approximate surface area is 104 Å². The van der Waals surface area contributed by atoms with Gasteiger partial charge in [-0.2, -0.15) is 13.2 Å². The first-order chi connectivity index (χ1) is 8.25. The molecule has 0 spiro atoms. The van der Waals surface area contributed by atoms with Crippen molar-refractivity contribution in [1.82, 2.24) is 0 Å². The van der Waals surface area contributed by atoms with Gasteiger partial charge in [0.1, 0.15) is 0 Å². The quantitative estimate of drug-likeness (QED) is 0.607. The molecule has 0 atom stereocenters. The van der Waals surface area contributed by atoms with Gasteiger partial charge in [-0.05, 0) is 25.1 Å². The minimum Gasteiger partial charge on any atom is -0.371 e. The summed E-state index contributed by atoms with van der Waals surface area (Å²) >= 11 is 0. The first-order valence-corrected chi connectivity index (χ1v) is 5.27. The molecule has 0 heterocycles. The van der Waals surface area contributed by atoms with Crippen molar-refractivity contribution in [3.8, 4) is 0 Å². The van der Waals surface area contributed by atoms with Gasteiger partial charge in [0.05, 0.1) is 5.56 Å². The number of hydrogen-bond acceptors (Lipinski definition) is 2. The summed E-state index contributed by atoms with van der Waals surface area (Å²) in [6.07, 6.45) is -4.32. The Bertz CT molecular complexity index is 466. The SMILES string of the molecule is C=C(C)CN(C)c1ccc(C=O)c(C(F)(F)F)c1. The fourth-order valence-corrected chi connectivity index (χ4v) is 1.63. The molecule has 1 aromatic carbocycles. The van der Waals surface area contributed by atoms with Crippen LogP contribution in [0.4, 0.5) is 18.9 Å². The highest BCUT2D eigenvalue weighted by molar-refractivity contribution is 5.79. The van der Waals surface area contributed by atoms with E-state index >= 15 is 0 Å². The topological polar surface area (TPSA) is 20.3 Å². The molecule has 0 amide bonds. The Balaban J connectivity index is 3.18. The normalized spacial score (nSPS) is 11.2. The van der Waals surface area contributed by atoms with Gasteiger partial charge in [0.15, 0.2) is 6.29 Å². The van der Waals surface area contributed by atoms with E-state index in [9.17, 15) is 18.0 Å². The van der Waals surface area contributed by atoms with Crippen LogP contribution in [-0.4, -0.2) is 19.9 Å². The number of nitrogens with zero attached hydrogens (tertiary/aromatic N) is 1. The van der Waals surface area contributed by atoms with Crippen molar-refractivity contribution in [3.05, 3.63) is 41.5 Å². The number of anilines is 1. The Morgan fingerprint density at radius 1 is 1.44 bits per heavy atom. The van der Waals surface area contributed by atoms with E-state index in [4.69, 9.17) is 0 Å². The summed E-state index contributed by atoms with van der Waals surface area (Å²) in [6.45, 7) is 5.95. The van der Waals surface area contributed by atoms with Gasteiger partial charge in [0.25, 0.3) is 0 Å². The minimum absolute atomic E-state index is 0.214. The van der Waals surface area contributed by atoms with Gasteiger partial charge < -0.3 is 4.90 Å². The Kier molecular flexibility index (Phi) is 4.16. The second-order valence-electron chi connectivity index (χ2n) is 4.20. The molecule has 1 aromatic rings. The van der Waals surface area contributed by atoms with Gasteiger partial charge in [-0.15, -0.1) is 0 Å². The highest BCUT2D eigenvalue weighted by Gasteiger charge is 2.33. The summed E-state index contributed by atoms with van der Waals surface area (Å²) < 4.78 is 38.2. The second-order valence-corrected chi connectivity index (χ2v) is 4.20. The van der Waals surface area contributed by atoms with E-state index in [1.54, 1.807) is 18.9 Å². The van der Waals surface area contributed by atoms with Crippen molar-refractivity contribution < 1.29 is 18.0 Å². The van der Waals surface area contributed by atoms with Crippen LogP contribution >= 0.6 is 0 Å². The number of carbonyl (C=O) groups excluding carboxylic acids is 1. The fraction of sp³-hybridized carbons (Fsp3) is 0.308. The lowest BCUT2D eigenvalue weighted by Crippen LogP contribution is -2.20. The maximum Gasteiger partial charge on any atom is 0.417 e. The molecule has 98 valence electrons. The predicted octanol–water partition coefficient (Wildman–Crippen LogP) is 3.53. The molecular formula is C13H14F3NO. The molecule has 0 aromatic heterocycles. The molecule has 0 aliphatic rings. The number of aldehydes is 1. The lowest BCUT2D eigenvalue weighted by atomic mass is 10.1. The number of carbonyl (C=O) groups is 1. The number of alkyl halides is 3. The van der Waals surface area contributed by atoms with Crippen LogP contribution in [0.1, 0.15) is 22.8 Å². The van der Waals surface area contributed by atoms with Crippen molar-refractivity contribution in [2.45, 2.75) is 13.1 Å². The third-order valence-electron chi connectivity index (χ3n) is 2.42. The smallest absolute Gasteiger partial charge is 0.371 e. The summed E-state index contributed by atoms with van der Waals surface area (Å²) in [5.41, 5.74) is -0.0278. The van der Waals surface area contributed by atoms with E-state index in [-0.39, 0.29) is 11.8 Å². The number of rotatable bonds is 4. The largest absolute Gasteiger partial charge is 0.417 e. The average Bonchev–Trinajstić information content (AvgIpc) is 2.26. The van der Waals surface area contributed by atoms with Gasteiger partial charge in [-0.3, -0.25) is 4.79 Å². The minimum atomic E-state index is -4.53. The molecular weight excluding hydrogens is 243 g/mol. The van der Waals surface area contributed by atoms with Crippen LogP contribution < -0.4 is 4.90 Å². The number of halogens is 3. The standard InChI is InChI=1S/C13H14F3NO/c1-9(2)7-17(3)11-5-4-10(8-18)12(6-11)13(14,15)16/h4-6,8H,1,7H2,2-3H3. The van der Waals surface area contributed by atoms with Gasteiger partial charge in [0, 0.05) is 24.8 Å². The highest BCUT2D eigenvalue weighted by atomic mass is 19.4. The van der Waals surface area contributed by atoms with Crippen LogP contribution in [0, 0.1) is 0 Å². The molecule has 0 aliphatic heterocycles. The van der Waals surface area contributed by atoms with Crippen molar-refractivity contribution >= 4 is 12.0 Å². The molecule has 18 heavy (non-hydrogen) atoms. The van der Waals surface area contributed by atoms with Gasteiger partial charge in [-0.1, -0.05) is 12.2 Å². The van der Waals surface area contributed by atoms with E-state index in [1.807, 2.05) is 0 Å². The van der Waals surface area contributed by atoms with Crippen LogP contribution in [0.25, 0.3) is 0 Å². The Morgan fingerprint density at radius 3 is 2.50 bits per heavy atom. The van der Waals surface area contributed by atoms with Crippen LogP contribution in [0.15, 0.2) is 30.4 Å². The molecule has 1 rings (SSSR count). The van der Waals surface area contributed by atoms with Crippen molar-refractivity contribution in [2.24, 2.45) is 0 Å². The van der Waals surface area contributed by atoms with Crippen LogP contribution in [-0.2, 0) is 6.18 Å². The van der Waals surface area contributed by atoms with E-state index in [0.29, 0.717) is 12.2 Å². The molecule has 0 bridgehead atoms. The van der Waals surface area contributed by atoms with E-state index in [1.165, 1.54) is 12.1 Å². The summed E-state index contributed by atoms with van der Waals surface area (Å²) in [7, 11) is 1.67. The monoisotopic (exact) mass is 257 g/mol. The van der Waals surface area contributed by atoms with Crippen LogP contribution in [0.5, 0.6) is 0 Å². The average molecular weight is 257 g/mol. The molecule has 0 aliphatic carbocycles. The molecule has 2 nitrogen and oxygen atoms in total. The Hall–Kier alpha value is -1.78. The van der Waals surface area contributed by atoms with Gasteiger partial charge in [-0.25, -0.2) is 0 Å². The summed E-state index contributed by atoms with van der Waals surface area (Å²) in [4.78, 5) is 12.3. The zero-order valence-electron chi connectivity index (χ0n) is 10.2.